The molecule has 0 aliphatic heterocycles. The topological polar surface area (TPSA) is 6.48 Å². The van der Waals surface area contributed by atoms with Crippen molar-refractivity contribution in [2.45, 2.75) is 132 Å². The molecule has 0 saturated heterocycles. The molecule has 1 unspecified atom stereocenters. The van der Waals surface area contributed by atoms with Crippen molar-refractivity contribution in [1.29, 1.82) is 0 Å². The summed E-state index contributed by atoms with van der Waals surface area (Å²) in [4.78, 5) is 3.02. The van der Waals surface area contributed by atoms with Gasteiger partial charge in [0.2, 0.25) is 0 Å². The molecule has 0 spiro atoms. The minimum atomic E-state index is -5.27. The number of rotatable bonds is 13. The zero-order valence-corrected chi connectivity index (χ0v) is 68.0. The molecule has 0 N–H and O–H groups in total. The van der Waals surface area contributed by atoms with Crippen molar-refractivity contribution in [2.24, 2.45) is 0 Å². The van der Waals surface area contributed by atoms with Crippen LogP contribution in [0.25, 0.3) is 93.5 Å². The monoisotopic (exact) mass is 1670 g/mol. The number of allylic oxidation sites excluding steroid dienone is 4. The Balaban J connectivity index is 0.875. The van der Waals surface area contributed by atoms with Crippen molar-refractivity contribution in [3.8, 4) is 55.6 Å². The lowest BCUT2D eigenvalue weighted by Crippen LogP contribution is -2.20. The molecule has 122 heavy (non-hydrogen) atoms. The van der Waals surface area contributed by atoms with Crippen LogP contribution in [-0.4, -0.2) is 0 Å². The first-order valence-corrected chi connectivity index (χ1v) is 39.2. The SMILES string of the molecule is Cc1cc(N(c2cc(C)c(-c3c(C)cc(C(F)(F)F)c4ccccc34)cc2C)c2cc(C)c(-c3c(C)c(C4=CCC(c5cc(C)c(N(c6cc(C(F)(F)F)c(-c7ccccc7)cc6C)c6cc(C(F)(F)F)c(-c7ccccc7)cc6C)cc5C(F)(F)F)C=C4)c(C(F)(F)F)c4ccccc34)cc2C)c(C)cc1-c1c(C)cc(C(F)(F)F)c2ccccc12. The third-order valence-electron chi connectivity index (χ3n) is 23.6. The molecule has 622 valence electrons. The quantitative estimate of drug-likeness (QED) is 0.106. The molecule has 15 rings (SSSR count). The molecule has 1 aliphatic rings. The van der Waals surface area contributed by atoms with E-state index in [1.807, 2.05) is 82.8 Å². The van der Waals surface area contributed by atoms with Gasteiger partial charge in [0.25, 0.3) is 0 Å². The summed E-state index contributed by atoms with van der Waals surface area (Å²) in [7, 11) is 0. The number of fused-ring (bicyclic) bond motifs is 3. The number of aryl methyl sites for hydroxylation is 11. The fourth-order valence-corrected chi connectivity index (χ4v) is 18.1. The fourth-order valence-electron chi connectivity index (χ4n) is 18.1. The van der Waals surface area contributed by atoms with E-state index in [2.05, 4.69) is 0 Å². The van der Waals surface area contributed by atoms with Gasteiger partial charge in [0.05, 0.1) is 33.4 Å². The minimum absolute atomic E-state index is 0.00988. The molecule has 0 radical (unpaired) electrons. The van der Waals surface area contributed by atoms with Crippen molar-refractivity contribution in [1.82, 2.24) is 0 Å². The van der Waals surface area contributed by atoms with E-state index >= 15 is 52.7 Å². The number of benzene rings is 14. The molecule has 1 atom stereocenters. The first-order valence-electron chi connectivity index (χ1n) is 39.2. The van der Waals surface area contributed by atoms with Crippen LogP contribution in [0.15, 0.2) is 237 Å². The number of anilines is 6. The van der Waals surface area contributed by atoms with Gasteiger partial charge in [-0.15, -0.1) is 0 Å². The summed E-state index contributed by atoms with van der Waals surface area (Å²) in [6, 6.07) is 53.1. The number of hydrogen-bond acceptors (Lipinski definition) is 2. The Hall–Kier alpha value is -12.3. The second-order valence-corrected chi connectivity index (χ2v) is 31.8. The molecule has 14 aromatic rings. The smallest absolute Gasteiger partial charge is 0.310 e. The third kappa shape index (κ3) is 15.3. The van der Waals surface area contributed by atoms with Crippen molar-refractivity contribution < 1.29 is 79.0 Å². The van der Waals surface area contributed by atoms with Crippen LogP contribution in [0.4, 0.5) is 113 Å². The Kier molecular flexibility index (Phi) is 21.5. The lowest BCUT2D eigenvalue weighted by Gasteiger charge is -2.33. The molecular formula is C102H78F18N2. The van der Waals surface area contributed by atoms with Crippen molar-refractivity contribution >= 4 is 72.0 Å². The van der Waals surface area contributed by atoms with Gasteiger partial charge in [-0.3, -0.25) is 0 Å². The molecule has 0 bridgehead atoms. The van der Waals surface area contributed by atoms with Gasteiger partial charge in [-0.05, 0) is 340 Å². The summed E-state index contributed by atoms with van der Waals surface area (Å²) in [6.45, 7) is 20.1. The van der Waals surface area contributed by atoms with Gasteiger partial charge in [-0.25, -0.2) is 0 Å². The summed E-state index contributed by atoms with van der Waals surface area (Å²) in [5, 5.41) is 0.791. The predicted molar refractivity (Wildman–Crippen MR) is 453 cm³/mol. The Morgan fingerprint density at radius 3 is 0.902 bits per heavy atom. The van der Waals surface area contributed by atoms with Gasteiger partial charge < -0.3 is 9.80 Å². The van der Waals surface area contributed by atoms with Crippen LogP contribution >= 0.6 is 0 Å². The molecule has 0 heterocycles. The highest BCUT2D eigenvalue weighted by Gasteiger charge is 2.44. The van der Waals surface area contributed by atoms with Crippen LogP contribution in [0.5, 0.6) is 0 Å². The van der Waals surface area contributed by atoms with Gasteiger partial charge in [0.1, 0.15) is 0 Å². The zero-order chi connectivity index (χ0) is 87.8. The van der Waals surface area contributed by atoms with E-state index in [0.29, 0.717) is 112 Å². The lowest BCUT2D eigenvalue weighted by atomic mass is 9.79. The summed E-state index contributed by atoms with van der Waals surface area (Å²) in [6.07, 6.45) is -26.1. The maximum atomic E-state index is 16.5. The molecule has 14 aromatic carbocycles. The molecule has 0 amide bonds. The normalized spacial score (nSPS) is 13.7. The molecule has 0 saturated carbocycles. The van der Waals surface area contributed by atoms with Crippen LogP contribution in [0.1, 0.15) is 124 Å². The molecular weight excluding hydrogens is 1600 g/mol. The van der Waals surface area contributed by atoms with Gasteiger partial charge in [0, 0.05) is 40.0 Å². The van der Waals surface area contributed by atoms with Crippen molar-refractivity contribution in [3.05, 3.63) is 348 Å². The highest BCUT2D eigenvalue weighted by Crippen LogP contribution is 2.56. The molecule has 20 heteroatoms. The van der Waals surface area contributed by atoms with Gasteiger partial charge in [-0.1, -0.05) is 158 Å². The average Bonchev–Trinajstić information content (AvgIpc) is 0.728. The Morgan fingerprint density at radius 2 is 0.557 bits per heavy atom. The molecule has 2 nitrogen and oxygen atoms in total. The van der Waals surface area contributed by atoms with E-state index in [-0.39, 0.29) is 101 Å². The van der Waals surface area contributed by atoms with E-state index in [1.165, 1.54) is 130 Å². The lowest BCUT2D eigenvalue weighted by molar-refractivity contribution is -0.138. The maximum absolute atomic E-state index is 16.5. The summed E-state index contributed by atoms with van der Waals surface area (Å²) in [5.74, 6) is -1.23. The molecule has 0 fully saturated rings. The largest absolute Gasteiger partial charge is 0.417 e. The highest BCUT2D eigenvalue weighted by atomic mass is 19.4. The molecule has 1 aliphatic carbocycles. The van der Waals surface area contributed by atoms with Gasteiger partial charge >= 0.3 is 37.1 Å². The number of nitrogens with zero attached hydrogens (tertiary/aromatic N) is 2. The highest BCUT2D eigenvalue weighted by molar-refractivity contribution is 6.07. The number of hydrogen-bond donors (Lipinski definition) is 0. The van der Waals surface area contributed by atoms with Gasteiger partial charge in [-0.2, -0.15) is 79.0 Å². The Bertz CT molecular complexity index is 6380. The summed E-state index contributed by atoms with van der Waals surface area (Å²) in [5.41, 5.74) is 1.50. The summed E-state index contributed by atoms with van der Waals surface area (Å²) < 4.78 is 281. The second kappa shape index (κ2) is 31.0. The van der Waals surface area contributed by atoms with Crippen LogP contribution < -0.4 is 9.80 Å². The third-order valence-corrected chi connectivity index (χ3v) is 23.6. The Labute approximate surface area is 693 Å². The van der Waals surface area contributed by atoms with Crippen molar-refractivity contribution in [2.75, 3.05) is 9.80 Å². The predicted octanol–water partition coefficient (Wildman–Crippen LogP) is 33.4. The minimum Gasteiger partial charge on any atom is -0.310 e. The first-order chi connectivity index (χ1) is 57.3. The average molecular weight is 1670 g/mol. The zero-order valence-electron chi connectivity index (χ0n) is 68.0. The second-order valence-electron chi connectivity index (χ2n) is 31.8. The van der Waals surface area contributed by atoms with E-state index in [0.717, 1.165) is 29.2 Å². The van der Waals surface area contributed by atoms with E-state index in [1.54, 1.807) is 81.4 Å². The number of halogens is 18. The van der Waals surface area contributed by atoms with E-state index < -0.39 is 82.0 Å². The van der Waals surface area contributed by atoms with Crippen LogP contribution in [-0.2, 0) is 37.1 Å². The van der Waals surface area contributed by atoms with Gasteiger partial charge in [0.15, 0.2) is 0 Å². The van der Waals surface area contributed by atoms with E-state index in [9.17, 15) is 26.3 Å². The molecule has 0 aromatic heterocycles. The standard InChI is InChI=1S/C102H78F18N2/c1-53-47-86(56(4)39-75(53)92-62(10)45-81(97(103,104)105)69-29-19-21-31-71(69)92)121(87-48-54(2)76(40-57(87)5)93-63(11)46-82(98(106,107)108)70-30-20-22-32-72(70)93)88-49-55(3)77(41-58(88)6)95-64(12)94(96(102(118,119)120)74-34-24-23-33-73(74)95)68-37-35-67(36-38-68)80-44-61(9)91(52-85(80)101(115,116)117)122(89-50-83(99(109,110)111)78(42-59(89)7)65-25-15-13-16-26-65)90-51-84(100(112,113)114)79(43-60(90)8)66-27-17-14-18-28-66/h13-35,37-52,67H,36H2,1-12H3. The first kappa shape index (κ1) is 84.7. The fraction of sp³-hybridized carbons (Fsp3) is 0.196. The van der Waals surface area contributed by atoms with E-state index in [4.69, 9.17) is 0 Å². The van der Waals surface area contributed by atoms with Crippen molar-refractivity contribution in [3.63, 3.8) is 0 Å². The van der Waals surface area contributed by atoms with Crippen LogP contribution in [0.2, 0.25) is 0 Å². The van der Waals surface area contributed by atoms with Crippen LogP contribution in [0, 0.1) is 83.1 Å². The Morgan fingerprint density at radius 1 is 0.254 bits per heavy atom. The number of alkyl halides is 18. The van der Waals surface area contributed by atoms with Crippen LogP contribution in [0.3, 0.4) is 0 Å². The summed E-state index contributed by atoms with van der Waals surface area (Å²) >= 11 is 0. The maximum Gasteiger partial charge on any atom is 0.417 e.